The second-order valence-corrected chi connectivity index (χ2v) is 5.05. The fourth-order valence-corrected chi connectivity index (χ4v) is 2.76. The number of anilines is 1. The molecule has 1 radical (unpaired) electrons. The number of aromatic nitrogens is 1. The SMILES string of the molecule is [CH](CN1CCc2ccccc21)c1nc2ccccc2o1. The first kappa shape index (κ1) is 11.5. The van der Waals surface area contributed by atoms with E-state index < -0.39 is 0 Å². The molecule has 4 rings (SSSR count). The van der Waals surface area contributed by atoms with E-state index in [0.29, 0.717) is 5.89 Å². The van der Waals surface area contributed by atoms with Gasteiger partial charge in [-0.3, -0.25) is 0 Å². The van der Waals surface area contributed by atoms with Crippen molar-refractivity contribution < 1.29 is 4.42 Å². The van der Waals surface area contributed by atoms with Gasteiger partial charge in [0.15, 0.2) is 5.58 Å². The summed E-state index contributed by atoms with van der Waals surface area (Å²) in [6, 6.07) is 16.5. The van der Waals surface area contributed by atoms with Gasteiger partial charge in [-0.15, -0.1) is 0 Å². The van der Waals surface area contributed by atoms with Gasteiger partial charge in [-0.1, -0.05) is 30.3 Å². The van der Waals surface area contributed by atoms with Crippen LogP contribution in [0.2, 0.25) is 0 Å². The Balaban J connectivity index is 1.51. The Labute approximate surface area is 117 Å². The molecular formula is C17H15N2O. The zero-order chi connectivity index (χ0) is 13.4. The maximum absolute atomic E-state index is 5.72. The van der Waals surface area contributed by atoms with Gasteiger partial charge in [0.25, 0.3) is 0 Å². The van der Waals surface area contributed by atoms with E-state index in [1.54, 1.807) is 0 Å². The van der Waals surface area contributed by atoms with Crippen LogP contribution in [0.4, 0.5) is 5.69 Å². The van der Waals surface area contributed by atoms with Crippen molar-refractivity contribution in [2.24, 2.45) is 0 Å². The lowest BCUT2D eigenvalue weighted by atomic mass is 10.2. The molecule has 20 heavy (non-hydrogen) atoms. The van der Waals surface area contributed by atoms with Crippen molar-refractivity contribution in [1.29, 1.82) is 0 Å². The summed E-state index contributed by atoms with van der Waals surface area (Å²) in [6.07, 6.45) is 3.18. The number of nitrogens with zero attached hydrogens (tertiary/aromatic N) is 2. The van der Waals surface area contributed by atoms with Crippen LogP contribution in [0.15, 0.2) is 52.9 Å². The Morgan fingerprint density at radius 2 is 1.95 bits per heavy atom. The second kappa shape index (κ2) is 4.67. The summed E-state index contributed by atoms with van der Waals surface area (Å²) in [4.78, 5) is 6.85. The number of fused-ring (bicyclic) bond motifs is 2. The van der Waals surface area contributed by atoms with E-state index in [9.17, 15) is 0 Å². The van der Waals surface area contributed by atoms with Crippen LogP contribution < -0.4 is 4.90 Å². The minimum atomic E-state index is 0.704. The van der Waals surface area contributed by atoms with Gasteiger partial charge in [0, 0.05) is 18.8 Å². The zero-order valence-corrected chi connectivity index (χ0v) is 11.1. The average Bonchev–Trinajstić information content (AvgIpc) is 3.08. The summed E-state index contributed by atoms with van der Waals surface area (Å²) < 4.78 is 5.72. The highest BCUT2D eigenvalue weighted by Crippen LogP contribution is 2.27. The number of hydrogen-bond acceptors (Lipinski definition) is 3. The van der Waals surface area contributed by atoms with Crippen molar-refractivity contribution in [2.75, 3.05) is 18.0 Å². The van der Waals surface area contributed by atoms with Crippen molar-refractivity contribution in [3.8, 4) is 0 Å². The van der Waals surface area contributed by atoms with Crippen LogP contribution in [-0.2, 0) is 6.42 Å². The van der Waals surface area contributed by atoms with Crippen LogP contribution in [0, 0.1) is 6.42 Å². The molecule has 0 saturated heterocycles. The Bertz CT molecular complexity index is 714. The van der Waals surface area contributed by atoms with Crippen LogP contribution in [0.5, 0.6) is 0 Å². The van der Waals surface area contributed by atoms with E-state index >= 15 is 0 Å². The van der Waals surface area contributed by atoms with Crippen molar-refractivity contribution in [3.05, 3.63) is 66.4 Å². The Morgan fingerprint density at radius 1 is 1.10 bits per heavy atom. The van der Waals surface area contributed by atoms with E-state index in [0.717, 1.165) is 30.6 Å². The van der Waals surface area contributed by atoms with Crippen molar-refractivity contribution in [3.63, 3.8) is 0 Å². The third-order valence-electron chi connectivity index (χ3n) is 3.78. The standard InChI is InChI=1S/C17H15N2O/c1-3-7-15-13(5-1)9-11-19(15)12-10-17-18-14-6-2-4-8-16(14)20-17/h1-8,10H,9,11-12H2. The van der Waals surface area contributed by atoms with Crippen LogP contribution in [0.3, 0.4) is 0 Å². The third-order valence-corrected chi connectivity index (χ3v) is 3.78. The number of oxazole rings is 1. The van der Waals surface area contributed by atoms with Gasteiger partial charge in [-0.2, -0.15) is 0 Å². The molecule has 2 heterocycles. The molecule has 2 aromatic carbocycles. The second-order valence-electron chi connectivity index (χ2n) is 5.05. The summed E-state index contributed by atoms with van der Waals surface area (Å²) in [7, 11) is 0. The van der Waals surface area contributed by atoms with Gasteiger partial charge in [-0.05, 0) is 30.2 Å². The highest BCUT2D eigenvalue weighted by Gasteiger charge is 2.18. The Kier molecular flexibility index (Phi) is 2.69. The minimum Gasteiger partial charge on any atom is -0.440 e. The van der Waals surface area contributed by atoms with E-state index in [1.165, 1.54) is 11.3 Å². The summed E-state index contributed by atoms with van der Waals surface area (Å²) in [5.74, 6) is 0.704. The maximum Gasteiger partial charge on any atom is 0.201 e. The Morgan fingerprint density at radius 3 is 2.90 bits per heavy atom. The quantitative estimate of drug-likeness (QED) is 0.725. The minimum absolute atomic E-state index is 0.704. The maximum atomic E-state index is 5.72. The number of para-hydroxylation sites is 3. The number of rotatable bonds is 3. The van der Waals surface area contributed by atoms with Gasteiger partial charge in [-0.25, -0.2) is 4.98 Å². The van der Waals surface area contributed by atoms with Gasteiger partial charge >= 0.3 is 0 Å². The average molecular weight is 263 g/mol. The summed E-state index contributed by atoms with van der Waals surface area (Å²) in [5, 5.41) is 0. The van der Waals surface area contributed by atoms with Crippen LogP contribution in [0.1, 0.15) is 11.5 Å². The summed E-state index contributed by atoms with van der Waals surface area (Å²) >= 11 is 0. The van der Waals surface area contributed by atoms with Crippen LogP contribution >= 0.6 is 0 Å². The van der Waals surface area contributed by atoms with Gasteiger partial charge in [0.1, 0.15) is 5.52 Å². The lowest BCUT2D eigenvalue weighted by Crippen LogP contribution is -2.22. The molecule has 3 aromatic rings. The molecule has 0 fully saturated rings. The molecule has 0 unspecified atom stereocenters. The van der Waals surface area contributed by atoms with Crippen molar-refractivity contribution in [2.45, 2.75) is 6.42 Å². The summed E-state index contributed by atoms with van der Waals surface area (Å²) in [5.41, 5.74) is 4.53. The molecule has 1 aliphatic heterocycles. The highest BCUT2D eigenvalue weighted by molar-refractivity contribution is 5.72. The summed E-state index contributed by atoms with van der Waals surface area (Å²) in [6.45, 7) is 1.90. The molecule has 99 valence electrons. The Hall–Kier alpha value is -2.29. The lowest BCUT2D eigenvalue weighted by Gasteiger charge is -2.17. The predicted molar refractivity (Wildman–Crippen MR) is 79.8 cm³/mol. The molecule has 3 nitrogen and oxygen atoms in total. The van der Waals surface area contributed by atoms with Crippen LogP contribution in [-0.4, -0.2) is 18.1 Å². The third kappa shape index (κ3) is 1.95. The highest BCUT2D eigenvalue weighted by atomic mass is 16.3. The molecular weight excluding hydrogens is 248 g/mol. The van der Waals surface area contributed by atoms with Gasteiger partial charge in [0.05, 0.1) is 6.42 Å². The normalized spacial score (nSPS) is 13.9. The van der Waals surface area contributed by atoms with E-state index in [2.05, 4.69) is 40.6 Å². The van der Waals surface area contributed by atoms with Crippen LogP contribution in [0.25, 0.3) is 11.1 Å². The monoisotopic (exact) mass is 263 g/mol. The number of hydrogen-bond donors (Lipinski definition) is 0. The first-order valence-electron chi connectivity index (χ1n) is 6.92. The van der Waals surface area contributed by atoms with E-state index in [4.69, 9.17) is 4.42 Å². The molecule has 0 spiro atoms. The fraction of sp³-hybridized carbons (Fsp3) is 0.176. The van der Waals surface area contributed by atoms with Gasteiger partial charge < -0.3 is 9.32 Å². The molecule has 1 aromatic heterocycles. The molecule has 1 aliphatic rings. The van der Waals surface area contributed by atoms with E-state index in [-0.39, 0.29) is 0 Å². The molecule has 0 N–H and O–H groups in total. The van der Waals surface area contributed by atoms with Crippen molar-refractivity contribution >= 4 is 16.8 Å². The molecule has 0 bridgehead atoms. The first-order chi connectivity index (χ1) is 9.90. The van der Waals surface area contributed by atoms with Crippen molar-refractivity contribution in [1.82, 2.24) is 4.98 Å². The molecule has 0 saturated carbocycles. The topological polar surface area (TPSA) is 29.3 Å². The largest absolute Gasteiger partial charge is 0.440 e. The molecule has 3 heteroatoms. The number of benzene rings is 2. The van der Waals surface area contributed by atoms with Gasteiger partial charge in [0.2, 0.25) is 5.89 Å². The first-order valence-corrected chi connectivity index (χ1v) is 6.92. The lowest BCUT2D eigenvalue weighted by molar-refractivity contribution is 0.564. The molecule has 0 atom stereocenters. The molecule has 0 aliphatic carbocycles. The predicted octanol–water partition coefficient (Wildman–Crippen LogP) is 3.44. The zero-order valence-electron chi connectivity index (χ0n) is 11.1. The van der Waals surface area contributed by atoms with E-state index in [1.807, 2.05) is 24.3 Å². The fourth-order valence-electron chi connectivity index (χ4n) is 2.76. The molecule has 0 amide bonds. The smallest absolute Gasteiger partial charge is 0.201 e.